The molecule has 0 saturated carbocycles. The molecule has 198 valence electrons. The number of nitrogens with zero attached hydrogens (tertiary/aromatic N) is 2. The Kier molecular flexibility index (Phi) is 8.95. The van der Waals surface area contributed by atoms with Crippen molar-refractivity contribution in [1.82, 2.24) is 15.2 Å². The predicted molar refractivity (Wildman–Crippen MR) is 136 cm³/mol. The smallest absolute Gasteiger partial charge is 0.327 e. The Hall–Kier alpha value is -3.83. The first-order valence-electron chi connectivity index (χ1n) is 12.2. The quantitative estimate of drug-likeness (QED) is 0.223. The van der Waals surface area contributed by atoms with E-state index >= 15 is 0 Å². The minimum Gasteiger partial charge on any atom is -0.480 e. The molecule has 37 heavy (non-hydrogen) atoms. The molecule has 1 aromatic carbocycles. The van der Waals surface area contributed by atoms with Gasteiger partial charge in [-0.05, 0) is 35.6 Å². The zero-order chi connectivity index (χ0) is 27.3. The number of hydrogen-bond donors (Lipinski definition) is 5. The van der Waals surface area contributed by atoms with Crippen molar-refractivity contribution in [1.29, 1.82) is 0 Å². The fourth-order valence-electron chi connectivity index (χ4n) is 4.61. The van der Waals surface area contributed by atoms with Crippen molar-refractivity contribution in [2.75, 3.05) is 18.6 Å². The molecule has 1 fully saturated rings. The Morgan fingerprint density at radius 3 is 2.51 bits per heavy atom. The molecule has 1 saturated heterocycles. The summed E-state index contributed by atoms with van der Waals surface area (Å²) in [7, 11) is 0. The lowest BCUT2D eigenvalue weighted by molar-refractivity contribution is -0.154. The summed E-state index contributed by atoms with van der Waals surface area (Å²) in [5, 5.41) is 22.7. The molecule has 2 heterocycles. The van der Waals surface area contributed by atoms with E-state index in [4.69, 9.17) is 5.73 Å². The first-order chi connectivity index (χ1) is 17.6. The van der Waals surface area contributed by atoms with Crippen LogP contribution in [0.5, 0.6) is 0 Å². The largest absolute Gasteiger partial charge is 0.480 e. The molecule has 11 heteroatoms. The van der Waals surface area contributed by atoms with Crippen molar-refractivity contribution in [2.45, 2.75) is 46.1 Å². The number of carbonyl (C=O) groups is 4. The minimum absolute atomic E-state index is 0.0307. The summed E-state index contributed by atoms with van der Waals surface area (Å²) in [6, 6.07) is 5.19. The Bertz CT molecular complexity index is 1200. The highest BCUT2D eigenvalue weighted by atomic mass is 16.5. The van der Waals surface area contributed by atoms with Crippen molar-refractivity contribution in [3.8, 4) is 11.1 Å². The van der Waals surface area contributed by atoms with Gasteiger partial charge in [0.25, 0.3) is 5.91 Å². The number of carboxylic acids is 1. The fraction of sp³-hybridized carbons (Fsp3) is 0.423. The van der Waals surface area contributed by atoms with Crippen LogP contribution in [-0.4, -0.2) is 63.0 Å². The molecular weight excluding hydrogens is 478 g/mol. The first-order valence-corrected chi connectivity index (χ1v) is 12.2. The zero-order valence-electron chi connectivity index (χ0n) is 21.2. The number of carboxylic acid groups (broad SMARTS) is 1. The van der Waals surface area contributed by atoms with E-state index < -0.39 is 35.7 Å². The lowest BCUT2D eigenvalue weighted by Crippen LogP contribution is -2.46. The van der Waals surface area contributed by atoms with Gasteiger partial charge in [-0.2, -0.15) is 0 Å². The van der Waals surface area contributed by atoms with Crippen molar-refractivity contribution in [3.63, 3.8) is 0 Å². The molecule has 1 aromatic heterocycles. The summed E-state index contributed by atoms with van der Waals surface area (Å²) in [5.41, 5.74) is 10.3. The van der Waals surface area contributed by atoms with Gasteiger partial charge < -0.3 is 16.2 Å². The summed E-state index contributed by atoms with van der Waals surface area (Å²) in [6.07, 6.45) is 1.78. The maximum Gasteiger partial charge on any atom is 0.327 e. The third-order valence-corrected chi connectivity index (χ3v) is 6.28. The Balaban J connectivity index is 2.19. The average Bonchev–Trinajstić information content (AvgIpc) is 3.11. The summed E-state index contributed by atoms with van der Waals surface area (Å²) < 4.78 is 0. The maximum absolute atomic E-state index is 12.9. The van der Waals surface area contributed by atoms with Crippen LogP contribution in [0.15, 0.2) is 30.5 Å². The molecule has 0 aliphatic carbocycles. The van der Waals surface area contributed by atoms with Crippen molar-refractivity contribution < 1.29 is 29.5 Å². The third kappa shape index (κ3) is 5.95. The number of hydrogen-bond acceptors (Lipinski definition) is 8. The van der Waals surface area contributed by atoms with E-state index in [1.54, 1.807) is 31.2 Å². The topological polar surface area (TPSA) is 175 Å². The number of likely N-dealkylation sites (tertiary alicyclic amines) is 1. The highest BCUT2D eigenvalue weighted by molar-refractivity contribution is 6.06. The minimum atomic E-state index is -1.39. The number of nitrogens with two attached hydrogens (primary N) is 1. The number of rotatable bonds is 11. The van der Waals surface area contributed by atoms with Crippen molar-refractivity contribution in [2.24, 2.45) is 17.6 Å². The van der Waals surface area contributed by atoms with Gasteiger partial charge in [0.1, 0.15) is 11.7 Å². The van der Waals surface area contributed by atoms with Crippen LogP contribution >= 0.6 is 0 Å². The van der Waals surface area contributed by atoms with Gasteiger partial charge in [-0.3, -0.25) is 35.0 Å². The monoisotopic (exact) mass is 511 g/mol. The number of pyridine rings is 1. The van der Waals surface area contributed by atoms with Crippen LogP contribution in [0.1, 0.15) is 48.8 Å². The molecule has 1 aliphatic heterocycles. The van der Waals surface area contributed by atoms with Crippen LogP contribution in [0.2, 0.25) is 0 Å². The molecule has 0 spiro atoms. The molecule has 2 aromatic rings. The molecule has 1 aliphatic rings. The molecule has 11 nitrogen and oxygen atoms in total. The average molecular weight is 512 g/mol. The molecular formula is C26H33N5O6. The van der Waals surface area contributed by atoms with E-state index in [1.165, 1.54) is 6.20 Å². The van der Waals surface area contributed by atoms with Gasteiger partial charge in [-0.25, -0.2) is 4.79 Å². The van der Waals surface area contributed by atoms with Crippen LogP contribution in [-0.2, 0) is 27.2 Å². The maximum atomic E-state index is 12.9. The second-order valence-corrected chi connectivity index (χ2v) is 9.55. The zero-order valence-corrected chi connectivity index (χ0v) is 21.2. The lowest BCUT2D eigenvalue weighted by Gasteiger charge is -2.26. The normalized spacial score (nSPS) is 16.3. The highest BCUT2D eigenvalue weighted by Crippen LogP contribution is 2.38. The number of nitrogens with one attached hydrogen (secondary N) is 2. The van der Waals surface area contributed by atoms with Crippen LogP contribution in [0.3, 0.4) is 0 Å². The van der Waals surface area contributed by atoms with Crippen LogP contribution in [0, 0.1) is 11.8 Å². The Morgan fingerprint density at radius 1 is 1.22 bits per heavy atom. The van der Waals surface area contributed by atoms with E-state index in [0.717, 1.165) is 4.90 Å². The number of aliphatic carboxylic acids is 1. The molecule has 1 unspecified atom stereocenters. The Labute approximate surface area is 215 Å². The van der Waals surface area contributed by atoms with Gasteiger partial charge in [0.05, 0.1) is 5.69 Å². The van der Waals surface area contributed by atoms with Gasteiger partial charge >= 0.3 is 5.97 Å². The number of benzene rings is 1. The van der Waals surface area contributed by atoms with Crippen LogP contribution in [0.25, 0.3) is 11.1 Å². The molecule has 3 amide bonds. The van der Waals surface area contributed by atoms with Crippen molar-refractivity contribution in [3.05, 3.63) is 47.3 Å². The number of anilines is 1. The number of carbonyl (C=O) groups excluding carboxylic acids is 3. The van der Waals surface area contributed by atoms with Crippen molar-refractivity contribution >= 4 is 29.4 Å². The van der Waals surface area contributed by atoms with E-state index in [2.05, 4.69) is 15.8 Å². The summed E-state index contributed by atoms with van der Waals surface area (Å²) in [4.78, 5) is 55.4. The van der Waals surface area contributed by atoms with Gasteiger partial charge in [0, 0.05) is 49.2 Å². The van der Waals surface area contributed by atoms with E-state index in [9.17, 15) is 29.5 Å². The van der Waals surface area contributed by atoms with Crippen LogP contribution < -0.4 is 16.5 Å². The first kappa shape index (κ1) is 27.8. The molecule has 0 radical (unpaired) electrons. The number of imide groups is 1. The number of amides is 3. The highest BCUT2D eigenvalue weighted by Gasteiger charge is 2.43. The van der Waals surface area contributed by atoms with E-state index in [0.29, 0.717) is 34.4 Å². The second-order valence-electron chi connectivity index (χ2n) is 9.55. The third-order valence-electron chi connectivity index (χ3n) is 6.28. The summed E-state index contributed by atoms with van der Waals surface area (Å²) in [6.45, 7) is 6.05. The van der Waals surface area contributed by atoms with E-state index in [-0.39, 0.29) is 37.5 Å². The van der Waals surface area contributed by atoms with Crippen LogP contribution in [0.4, 0.5) is 5.69 Å². The summed E-state index contributed by atoms with van der Waals surface area (Å²) >= 11 is 0. The standard InChI is InChI=1S/C26H33N5O6/c1-14(2)11-18-16(13-20(26(35)36)31-21(32)12-15(3)25(31)34)6-7-19(30-37)22(18)17-5-4-9-28-23(17)24(33)29-10-8-27/h4-7,9,14-15,20,30,37H,8,10-13,27H2,1-3H3,(H,29,33)(H,35,36)/t15-,20?/m1/s1. The van der Waals surface area contributed by atoms with Gasteiger partial charge in [-0.1, -0.05) is 32.9 Å². The molecule has 3 rings (SSSR count). The van der Waals surface area contributed by atoms with Gasteiger partial charge in [0.2, 0.25) is 11.8 Å². The fourth-order valence-corrected chi connectivity index (χ4v) is 4.61. The second kappa shape index (κ2) is 11.9. The number of aromatic nitrogens is 1. The van der Waals surface area contributed by atoms with Gasteiger partial charge in [0.15, 0.2) is 0 Å². The lowest BCUT2D eigenvalue weighted by atomic mass is 9.85. The molecule has 2 atom stereocenters. The predicted octanol–water partition coefficient (Wildman–Crippen LogP) is 1.83. The SMILES string of the molecule is CC(C)Cc1c(CC(C(=O)O)N2C(=O)C[C@@H](C)C2=O)ccc(NO)c1-c1cccnc1C(=O)NCCN. The Morgan fingerprint density at radius 2 is 1.95 bits per heavy atom. The van der Waals surface area contributed by atoms with Gasteiger partial charge in [-0.15, -0.1) is 0 Å². The molecule has 0 bridgehead atoms. The summed E-state index contributed by atoms with van der Waals surface area (Å²) in [5.74, 6) is -3.24. The van der Waals surface area contributed by atoms with E-state index in [1.807, 2.05) is 13.8 Å². The molecule has 6 N–H and O–H groups in total.